The van der Waals surface area contributed by atoms with Crippen molar-refractivity contribution in [1.82, 2.24) is 19.2 Å². The second-order valence-corrected chi connectivity index (χ2v) is 12.1. The lowest BCUT2D eigenvalue weighted by Gasteiger charge is -2.47. The van der Waals surface area contributed by atoms with Crippen LogP contribution < -0.4 is 4.31 Å². The molecule has 10 heteroatoms. The summed E-state index contributed by atoms with van der Waals surface area (Å²) < 4.78 is 32.1. The number of anilines is 1. The highest BCUT2D eigenvalue weighted by Crippen LogP contribution is 2.44. The molecule has 4 heterocycles. The molecule has 5 rings (SSSR count). The van der Waals surface area contributed by atoms with Gasteiger partial charge >= 0.3 is 0 Å². The SMILES string of the molecule is Cc1cncc(N2[C@@]3(CCN(Cc4ccc(O)c(-c5nscc5C)c4)[C@@H](C)C3)CCS2(=O)=O)n1. The van der Waals surface area contributed by atoms with Gasteiger partial charge in [0.25, 0.3) is 0 Å². The highest BCUT2D eigenvalue weighted by atomic mass is 32.2. The van der Waals surface area contributed by atoms with Crippen molar-refractivity contribution >= 4 is 27.4 Å². The zero-order valence-electron chi connectivity index (χ0n) is 19.6. The third kappa shape index (κ3) is 4.08. The highest BCUT2D eigenvalue weighted by molar-refractivity contribution is 7.93. The normalized spacial score (nSPS) is 24.7. The Labute approximate surface area is 204 Å². The first kappa shape index (κ1) is 23.2. The van der Waals surface area contributed by atoms with Gasteiger partial charge in [0.2, 0.25) is 10.0 Å². The molecule has 2 aliphatic heterocycles. The maximum absolute atomic E-state index is 13.1. The van der Waals surface area contributed by atoms with Crippen LogP contribution in [0, 0.1) is 13.8 Å². The second-order valence-electron chi connectivity index (χ2n) is 9.54. The van der Waals surface area contributed by atoms with Gasteiger partial charge in [-0.25, -0.2) is 17.7 Å². The number of hydrogen-bond donors (Lipinski definition) is 1. The van der Waals surface area contributed by atoms with Gasteiger partial charge in [-0.3, -0.25) is 9.88 Å². The Morgan fingerprint density at radius 2 is 2.06 bits per heavy atom. The number of aromatic hydroxyl groups is 1. The number of aryl methyl sites for hydroxylation is 2. The summed E-state index contributed by atoms with van der Waals surface area (Å²) >= 11 is 1.39. The molecule has 8 nitrogen and oxygen atoms in total. The Morgan fingerprint density at radius 3 is 2.76 bits per heavy atom. The lowest BCUT2D eigenvalue weighted by molar-refractivity contribution is 0.102. The van der Waals surface area contributed by atoms with Gasteiger partial charge in [-0.15, -0.1) is 0 Å². The molecule has 0 saturated carbocycles. The molecule has 0 unspecified atom stereocenters. The van der Waals surface area contributed by atoms with Crippen LogP contribution in [0.25, 0.3) is 11.3 Å². The number of likely N-dealkylation sites (tertiary alicyclic amines) is 1. The van der Waals surface area contributed by atoms with Crippen LogP contribution >= 0.6 is 11.5 Å². The van der Waals surface area contributed by atoms with E-state index in [4.69, 9.17) is 0 Å². The average Bonchev–Trinajstić information content (AvgIpc) is 3.31. The van der Waals surface area contributed by atoms with Gasteiger partial charge < -0.3 is 5.11 Å². The summed E-state index contributed by atoms with van der Waals surface area (Å²) in [5.74, 6) is 0.804. The zero-order valence-corrected chi connectivity index (χ0v) is 21.2. The molecule has 2 fully saturated rings. The molecule has 0 aliphatic carbocycles. The van der Waals surface area contributed by atoms with Crippen molar-refractivity contribution in [3.8, 4) is 17.0 Å². The van der Waals surface area contributed by atoms with Crippen LogP contribution in [0.5, 0.6) is 5.75 Å². The van der Waals surface area contributed by atoms with Crippen molar-refractivity contribution in [2.24, 2.45) is 0 Å². The predicted molar refractivity (Wildman–Crippen MR) is 133 cm³/mol. The van der Waals surface area contributed by atoms with Crippen molar-refractivity contribution in [3.05, 3.63) is 52.8 Å². The van der Waals surface area contributed by atoms with Gasteiger partial charge in [-0.1, -0.05) is 6.07 Å². The quantitative estimate of drug-likeness (QED) is 0.581. The number of aromatic nitrogens is 3. The number of piperidine rings is 1. The molecule has 1 N–H and O–H groups in total. The van der Waals surface area contributed by atoms with Gasteiger partial charge in [0.05, 0.1) is 28.9 Å². The smallest absolute Gasteiger partial charge is 0.236 e. The number of rotatable bonds is 4. The van der Waals surface area contributed by atoms with E-state index in [0.717, 1.165) is 48.3 Å². The lowest BCUT2D eigenvalue weighted by Crippen LogP contribution is -2.56. The average molecular weight is 500 g/mol. The molecule has 1 aromatic carbocycles. The Hall–Kier alpha value is -2.56. The fraction of sp³-hybridized carbons (Fsp3) is 0.458. The summed E-state index contributed by atoms with van der Waals surface area (Å²) in [7, 11) is -3.43. The first-order valence-electron chi connectivity index (χ1n) is 11.5. The lowest BCUT2D eigenvalue weighted by atomic mass is 9.81. The minimum atomic E-state index is -3.43. The van der Waals surface area contributed by atoms with Crippen molar-refractivity contribution in [2.75, 3.05) is 16.6 Å². The molecule has 180 valence electrons. The summed E-state index contributed by atoms with van der Waals surface area (Å²) in [5, 5.41) is 12.4. The zero-order chi connectivity index (χ0) is 24.1. The van der Waals surface area contributed by atoms with E-state index >= 15 is 0 Å². The number of benzene rings is 1. The van der Waals surface area contributed by atoms with E-state index in [1.54, 1.807) is 22.8 Å². The topological polar surface area (TPSA) is 99.5 Å². The van der Waals surface area contributed by atoms with Gasteiger partial charge in [0.15, 0.2) is 5.82 Å². The summed E-state index contributed by atoms with van der Waals surface area (Å²) in [6.45, 7) is 7.49. The molecule has 0 amide bonds. The van der Waals surface area contributed by atoms with Crippen LogP contribution in [0.1, 0.15) is 43.0 Å². The van der Waals surface area contributed by atoms with Crippen LogP contribution in [-0.2, 0) is 16.6 Å². The number of phenols is 1. The molecular weight excluding hydrogens is 470 g/mol. The molecule has 2 aliphatic rings. The first-order valence-corrected chi connectivity index (χ1v) is 13.9. The van der Waals surface area contributed by atoms with Crippen LogP contribution in [0.4, 0.5) is 5.82 Å². The molecule has 0 bridgehead atoms. The Balaban J connectivity index is 1.38. The Kier molecular flexibility index (Phi) is 5.86. The third-order valence-electron chi connectivity index (χ3n) is 7.10. The highest BCUT2D eigenvalue weighted by Gasteiger charge is 2.53. The molecule has 1 spiro atoms. The van der Waals surface area contributed by atoms with Crippen molar-refractivity contribution in [1.29, 1.82) is 0 Å². The summed E-state index contributed by atoms with van der Waals surface area (Å²) in [6, 6.07) is 5.89. The predicted octanol–water partition coefficient (Wildman–Crippen LogP) is 3.89. The molecule has 34 heavy (non-hydrogen) atoms. The Morgan fingerprint density at radius 1 is 1.24 bits per heavy atom. The van der Waals surface area contributed by atoms with Crippen LogP contribution in [0.3, 0.4) is 0 Å². The fourth-order valence-electron chi connectivity index (χ4n) is 5.39. The minimum Gasteiger partial charge on any atom is -0.507 e. The number of nitrogens with zero attached hydrogens (tertiary/aromatic N) is 5. The molecule has 2 saturated heterocycles. The van der Waals surface area contributed by atoms with Crippen LogP contribution in [-0.4, -0.2) is 56.6 Å². The molecule has 2 aromatic heterocycles. The minimum absolute atomic E-state index is 0.143. The van der Waals surface area contributed by atoms with Crippen molar-refractivity contribution in [3.63, 3.8) is 0 Å². The second kappa shape index (κ2) is 8.58. The maximum Gasteiger partial charge on any atom is 0.236 e. The standard InChI is InChI=1S/C24H29N5O3S2/c1-16-15-33-27-23(16)20-10-19(4-5-21(20)30)14-28-8-6-24(11-18(28)3)7-9-34(31,32)29(24)22-13-25-12-17(2)26-22/h4-5,10,12-13,15,18,30H,6-9,11,14H2,1-3H3/t18-,24-/m0/s1. The number of hydrogen-bond acceptors (Lipinski definition) is 8. The summed E-state index contributed by atoms with van der Waals surface area (Å²) in [4.78, 5) is 11.1. The van der Waals surface area contributed by atoms with Gasteiger partial charge in [0.1, 0.15) is 5.75 Å². The third-order valence-corrected chi connectivity index (χ3v) is 9.69. The van der Waals surface area contributed by atoms with Crippen LogP contribution in [0.15, 0.2) is 36.0 Å². The van der Waals surface area contributed by atoms with E-state index in [1.807, 2.05) is 31.4 Å². The van der Waals surface area contributed by atoms with Gasteiger partial charge in [-0.2, -0.15) is 4.37 Å². The fourth-order valence-corrected chi connectivity index (χ4v) is 8.10. The van der Waals surface area contributed by atoms with Gasteiger partial charge in [-0.05, 0) is 74.8 Å². The molecule has 0 radical (unpaired) electrons. The number of sulfonamides is 1. The van der Waals surface area contributed by atoms with E-state index < -0.39 is 15.6 Å². The maximum atomic E-state index is 13.1. The van der Waals surface area contributed by atoms with Crippen molar-refractivity contribution in [2.45, 2.75) is 58.2 Å². The van der Waals surface area contributed by atoms with E-state index in [1.165, 1.54) is 11.5 Å². The van der Waals surface area contributed by atoms with Crippen LogP contribution in [0.2, 0.25) is 0 Å². The monoisotopic (exact) mass is 499 g/mol. The molecule has 2 atom stereocenters. The van der Waals surface area contributed by atoms with Gasteiger partial charge in [0, 0.05) is 36.3 Å². The van der Waals surface area contributed by atoms with E-state index in [0.29, 0.717) is 17.9 Å². The van der Waals surface area contributed by atoms with E-state index in [9.17, 15) is 13.5 Å². The first-order chi connectivity index (χ1) is 16.2. The summed E-state index contributed by atoms with van der Waals surface area (Å²) in [6.07, 6.45) is 5.28. The van der Waals surface area contributed by atoms with Crippen molar-refractivity contribution < 1.29 is 13.5 Å². The largest absolute Gasteiger partial charge is 0.507 e. The molecule has 3 aromatic rings. The van der Waals surface area contributed by atoms with E-state index in [-0.39, 0.29) is 17.5 Å². The Bertz CT molecular complexity index is 1330. The van der Waals surface area contributed by atoms with E-state index in [2.05, 4.69) is 26.2 Å². The molecular formula is C24H29N5O3S2. The summed E-state index contributed by atoms with van der Waals surface area (Å²) in [5.41, 5.74) is 3.97. The number of phenolic OH excluding ortho intramolecular Hbond substituents is 1.